The Labute approximate surface area is 162 Å². The first-order valence-electron chi connectivity index (χ1n) is 7.94. The molecule has 7 nitrogen and oxygen atoms in total. The van der Waals surface area contributed by atoms with Gasteiger partial charge >= 0.3 is 0 Å². The van der Waals surface area contributed by atoms with Gasteiger partial charge in [0.15, 0.2) is 5.96 Å². The van der Waals surface area contributed by atoms with Crippen LogP contribution in [0.5, 0.6) is 0 Å². The number of imidazole rings is 1. The summed E-state index contributed by atoms with van der Waals surface area (Å²) >= 11 is 0. The Morgan fingerprint density at radius 3 is 2.67 bits per heavy atom. The van der Waals surface area contributed by atoms with Gasteiger partial charge in [-0.05, 0) is 33.1 Å². The Morgan fingerprint density at radius 1 is 1.42 bits per heavy atom. The minimum Gasteiger partial charge on any atom is -0.356 e. The number of aryl methyl sites for hydroxylation is 2. The average molecular weight is 471 g/mol. The Morgan fingerprint density at radius 2 is 2.12 bits per heavy atom. The Bertz CT molecular complexity index is 601. The molecule has 1 unspecified atom stereocenters. The highest BCUT2D eigenvalue weighted by Crippen LogP contribution is 1.99. The van der Waals surface area contributed by atoms with Crippen LogP contribution >= 0.6 is 24.0 Å². The molecular formula is C15H30IN5O2S. The van der Waals surface area contributed by atoms with E-state index in [0.717, 1.165) is 31.8 Å². The molecule has 9 heteroatoms. The van der Waals surface area contributed by atoms with Crippen molar-refractivity contribution in [1.29, 1.82) is 0 Å². The summed E-state index contributed by atoms with van der Waals surface area (Å²) in [6, 6.07) is 0.0597. The van der Waals surface area contributed by atoms with Crippen molar-refractivity contribution in [1.82, 2.24) is 20.2 Å². The van der Waals surface area contributed by atoms with Crippen LogP contribution in [-0.2, 0) is 16.4 Å². The first kappa shape index (κ1) is 23.2. The summed E-state index contributed by atoms with van der Waals surface area (Å²) < 4.78 is 24.5. The SMILES string of the molecule is CN=C(NCCCCn1ccnc1C)NC(C)CCS(C)(=O)=O.I. The molecule has 0 aliphatic heterocycles. The van der Waals surface area contributed by atoms with Gasteiger partial charge in [-0.25, -0.2) is 13.4 Å². The van der Waals surface area contributed by atoms with Gasteiger partial charge in [0.1, 0.15) is 15.7 Å². The quantitative estimate of drug-likeness (QED) is 0.247. The highest BCUT2D eigenvalue weighted by molar-refractivity contribution is 14.0. The lowest BCUT2D eigenvalue weighted by atomic mass is 10.2. The van der Waals surface area contributed by atoms with Crippen LogP contribution in [0.4, 0.5) is 0 Å². The van der Waals surface area contributed by atoms with Crippen LogP contribution < -0.4 is 10.6 Å². The van der Waals surface area contributed by atoms with Crippen molar-refractivity contribution in [2.24, 2.45) is 4.99 Å². The van der Waals surface area contributed by atoms with Crippen molar-refractivity contribution in [3.63, 3.8) is 0 Å². The maximum absolute atomic E-state index is 11.2. The molecule has 0 radical (unpaired) electrons. The lowest BCUT2D eigenvalue weighted by Gasteiger charge is -2.17. The third-order valence-electron chi connectivity index (χ3n) is 3.57. The van der Waals surface area contributed by atoms with Gasteiger partial charge < -0.3 is 15.2 Å². The monoisotopic (exact) mass is 471 g/mol. The highest BCUT2D eigenvalue weighted by Gasteiger charge is 2.09. The molecule has 1 aromatic rings. The van der Waals surface area contributed by atoms with Crippen molar-refractivity contribution in [2.75, 3.05) is 25.6 Å². The number of aromatic nitrogens is 2. The third-order valence-corrected chi connectivity index (χ3v) is 4.55. The normalized spacial score (nSPS) is 13.2. The van der Waals surface area contributed by atoms with E-state index in [0.29, 0.717) is 12.4 Å². The van der Waals surface area contributed by atoms with Gasteiger partial charge in [-0.1, -0.05) is 0 Å². The summed E-state index contributed by atoms with van der Waals surface area (Å²) in [5, 5.41) is 6.47. The Hall–Kier alpha value is -0.840. The van der Waals surface area contributed by atoms with E-state index in [1.165, 1.54) is 6.26 Å². The predicted molar refractivity (Wildman–Crippen MR) is 110 cm³/mol. The Balaban J connectivity index is 0.00000529. The van der Waals surface area contributed by atoms with Gasteiger partial charge in [-0.15, -0.1) is 24.0 Å². The van der Waals surface area contributed by atoms with Gasteiger partial charge in [0.25, 0.3) is 0 Å². The summed E-state index contributed by atoms with van der Waals surface area (Å²) in [4.78, 5) is 8.36. The second-order valence-electron chi connectivity index (χ2n) is 5.84. The van der Waals surface area contributed by atoms with E-state index in [1.807, 2.05) is 26.2 Å². The minimum absolute atomic E-state index is 0. The van der Waals surface area contributed by atoms with Crippen LogP contribution in [-0.4, -0.2) is 55.6 Å². The topological polar surface area (TPSA) is 88.4 Å². The van der Waals surface area contributed by atoms with Gasteiger partial charge in [-0.2, -0.15) is 0 Å². The zero-order chi connectivity index (χ0) is 17.3. The van der Waals surface area contributed by atoms with Gasteiger partial charge in [0.2, 0.25) is 0 Å². The van der Waals surface area contributed by atoms with E-state index >= 15 is 0 Å². The first-order chi connectivity index (χ1) is 10.8. The van der Waals surface area contributed by atoms with Crippen molar-refractivity contribution in [3.05, 3.63) is 18.2 Å². The molecule has 0 fully saturated rings. The van der Waals surface area contributed by atoms with E-state index in [4.69, 9.17) is 0 Å². The van der Waals surface area contributed by atoms with Gasteiger partial charge in [0.05, 0.1) is 5.75 Å². The summed E-state index contributed by atoms with van der Waals surface area (Å²) in [6.07, 6.45) is 7.72. The fourth-order valence-electron chi connectivity index (χ4n) is 2.15. The molecule has 0 saturated carbocycles. The summed E-state index contributed by atoms with van der Waals surface area (Å²) in [6.45, 7) is 5.75. The smallest absolute Gasteiger partial charge is 0.191 e. The number of rotatable bonds is 9. The first-order valence-corrected chi connectivity index (χ1v) is 10.0. The lowest BCUT2D eigenvalue weighted by Crippen LogP contribution is -2.43. The minimum atomic E-state index is -2.92. The predicted octanol–water partition coefficient (Wildman–Crippen LogP) is 1.58. The maximum atomic E-state index is 11.2. The lowest BCUT2D eigenvalue weighted by molar-refractivity contribution is 0.572. The highest BCUT2D eigenvalue weighted by atomic mass is 127. The van der Waals surface area contributed by atoms with Crippen molar-refractivity contribution in [3.8, 4) is 0 Å². The molecule has 1 heterocycles. The molecule has 0 amide bonds. The summed E-state index contributed by atoms with van der Waals surface area (Å²) in [5.41, 5.74) is 0. The number of guanidine groups is 1. The number of aliphatic imine (C=N–C) groups is 1. The summed E-state index contributed by atoms with van der Waals surface area (Å²) in [5.74, 6) is 1.93. The molecule has 1 rings (SSSR count). The molecule has 1 aromatic heterocycles. The van der Waals surface area contributed by atoms with E-state index < -0.39 is 9.84 Å². The molecule has 0 aromatic carbocycles. The van der Waals surface area contributed by atoms with Crippen LogP contribution in [0.2, 0.25) is 0 Å². The molecule has 0 bridgehead atoms. The van der Waals surface area contributed by atoms with Crippen molar-refractivity contribution < 1.29 is 8.42 Å². The van der Waals surface area contributed by atoms with Crippen LogP contribution in [0.15, 0.2) is 17.4 Å². The van der Waals surface area contributed by atoms with Crippen molar-refractivity contribution >= 4 is 39.8 Å². The zero-order valence-corrected chi connectivity index (χ0v) is 18.1. The van der Waals surface area contributed by atoms with Crippen molar-refractivity contribution in [2.45, 2.75) is 45.7 Å². The van der Waals surface area contributed by atoms with Crippen LogP contribution in [0.25, 0.3) is 0 Å². The number of nitrogens with zero attached hydrogens (tertiary/aromatic N) is 3. The van der Waals surface area contributed by atoms with E-state index in [2.05, 4.69) is 25.2 Å². The van der Waals surface area contributed by atoms with E-state index in [9.17, 15) is 8.42 Å². The molecular weight excluding hydrogens is 441 g/mol. The van der Waals surface area contributed by atoms with Crippen LogP contribution in [0.1, 0.15) is 32.0 Å². The molecule has 0 aliphatic rings. The fourth-order valence-corrected chi connectivity index (χ4v) is 2.93. The summed E-state index contributed by atoms with van der Waals surface area (Å²) in [7, 11) is -1.20. The zero-order valence-electron chi connectivity index (χ0n) is 14.9. The number of unbranched alkanes of at least 4 members (excludes halogenated alkanes) is 1. The largest absolute Gasteiger partial charge is 0.356 e. The number of hydrogen-bond acceptors (Lipinski definition) is 4. The average Bonchev–Trinajstić information content (AvgIpc) is 2.88. The number of hydrogen-bond donors (Lipinski definition) is 2. The molecule has 2 N–H and O–H groups in total. The second kappa shape index (κ2) is 11.7. The van der Waals surface area contributed by atoms with E-state index in [1.54, 1.807) is 7.05 Å². The molecule has 24 heavy (non-hydrogen) atoms. The van der Waals surface area contributed by atoms with E-state index in [-0.39, 0.29) is 35.8 Å². The molecule has 1 atom stereocenters. The number of nitrogens with one attached hydrogen (secondary N) is 2. The van der Waals surface area contributed by atoms with Crippen LogP contribution in [0, 0.1) is 6.92 Å². The molecule has 0 saturated heterocycles. The molecule has 0 spiro atoms. The third kappa shape index (κ3) is 10.1. The standard InChI is InChI=1S/C15H29N5O2S.HI/c1-13(7-12-23(4,21)22)19-15(16-3)18-8-5-6-10-20-11-9-17-14(20)2;/h9,11,13H,5-8,10,12H2,1-4H3,(H2,16,18,19);1H. The molecule has 0 aliphatic carbocycles. The van der Waals surface area contributed by atoms with Crippen LogP contribution in [0.3, 0.4) is 0 Å². The second-order valence-corrected chi connectivity index (χ2v) is 8.10. The van der Waals surface area contributed by atoms with Gasteiger partial charge in [-0.3, -0.25) is 4.99 Å². The number of halogens is 1. The van der Waals surface area contributed by atoms with Gasteiger partial charge in [0, 0.05) is 44.8 Å². The number of sulfone groups is 1. The molecule has 140 valence electrons. The maximum Gasteiger partial charge on any atom is 0.191 e. The Kier molecular flexibility index (Phi) is 11.3. The fraction of sp³-hybridized carbons (Fsp3) is 0.733.